The number of carbonyl (C=O) groups is 2. The Hall–Kier alpha value is -2.05. The van der Waals surface area contributed by atoms with Gasteiger partial charge in [-0.1, -0.05) is 19.9 Å². The van der Waals surface area contributed by atoms with Crippen LogP contribution < -0.4 is 10.6 Å². The molecule has 0 heterocycles. The van der Waals surface area contributed by atoms with Crippen molar-refractivity contribution in [2.75, 3.05) is 4.90 Å². The molecule has 21 heavy (non-hydrogen) atoms. The first-order chi connectivity index (χ1) is 9.55. The highest BCUT2D eigenvalue weighted by molar-refractivity contribution is 5.99. The van der Waals surface area contributed by atoms with Gasteiger partial charge in [-0.2, -0.15) is 13.2 Å². The Morgan fingerprint density at radius 2 is 1.81 bits per heavy atom. The van der Waals surface area contributed by atoms with Crippen molar-refractivity contribution < 1.29 is 22.8 Å². The number of amides is 2. The van der Waals surface area contributed by atoms with Gasteiger partial charge in [0.1, 0.15) is 6.04 Å². The Labute approximate surface area is 120 Å². The normalized spacial score (nSPS) is 13.1. The molecule has 0 aromatic heterocycles. The summed E-state index contributed by atoms with van der Waals surface area (Å²) in [5.74, 6) is -1.65. The maximum Gasteiger partial charge on any atom is 0.416 e. The Bertz CT molecular complexity index is 541. The minimum atomic E-state index is -4.53. The predicted molar refractivity (Wildman–Crippen MR) is 72.4 cm³/mol. The maximum absolute atomic E-state index is 12.8. The van der Waals surface area contributed by atoms with Crippen LogP contribution in [-0.2, 0) is 15.8 Å². The largest absolute Gasteiger partial charge is 0.416 e. The lowest BCUT2D eigenvalue weighted by atomic mass is 10.0. The number of nitrogens with two attached hydrogens (primary N) is 1. The van der Waals surface area contributed by atoms with E-state index in [4.69, 9.17) is 5.73 Å². The number of nitrogens with zero attached hydrogens (tertiary/aromatic N) is 1. The average molecular weight is 302 g/mol. The first kappa shape index (κ1) is 17.0. The van der Waals surface area contributed by atoms with Gasteiger partial charge in [0.25, 0.3) is 0 Å². The van der Waals surface area contributed by atoms with E-state index in [1.807, 2.05) is 0 Å². The van der Waals surface area contributed by atoms with Gasteiger partial charge in [0.2, 0.25) is 11.8 Å². The molecule has 0 aliphatic rings. The van der Waals surface area contributed by atoms with Gasteiger partial charge in [0.05, 0.1) is 5.56 Å². The number of anilines is 1. The van der Waals surface area contributed by atoms with Crippen LogP contribution in [0.2, 0.25) is 0 Å². The minimum absolute atomic E-state index is 0.00479. The fourth-order valence-corrected chi connectivity index (χ4v) is 2.12. The predicted octanol–water partition coefficient (Wildman–Crippen LogP) is 2.57. The molecule has 116 valence electrons. The quantitative estimate of drug-likeness (QED) is 0.929. The number of halogens is 3. The Morgan fingerprint density at radius 3 is 2.19 bits per heavy atom. The molecule has 0 fully saturated rings. The highest BCUT2D eigenvalue weighted by Crippen LogP contribution is 2.32. The Kier molecular flexibility index (Phi) is 4.98. The van der Waals surface area contributed by atoms with Crippen molar-refractivity contribution in [3.05, 3.63) is 29.8 Å². The van der Waals surface area contributed by atoms with Crippen molar-refractivity contribution in [2.24, 2.45) is 11.7 Å². The fraction of sp³-hybridized carbons (Fsp3) is 0.429. The lowest BCUT2D eigenvalue weighted by Crippen LogP contribution is -2.50. The third-order valence-corrected chi connectivity index (χ3v) is 2.99. The van der Waals surface area contributed by atoms with Crippen LogP contribution in [0, 0.1) is 5.92 Å². The molecular formula is C14H17F3N2O2. The van der Waals surface area contributed by atoms with E-state index in [1.165, 1.54) is 19.1 Å². The van der Waals surface area contributed by atoms with Gasteiger partial charge in [-0.15, -0.1) is 0 Å². The molecule has 1 aromatic rings. The van der Waals surface area contributed by atoms with Crippen LogP contribution in [0.25, 0.3) is 0 Å². The van der Waals surface area contributed by atoms with Crippen molar-refractivity contribution >= 4 is 17.5 Å². The highest BCUT2D eigenvalue weighted by atomic mass is 19.4. The number of hydrogen-bond donors (Lipinski definition) is 1. The Balaban J connectivity index is 3.36. The lowest BCUT2D eigenvalue weighted by Gasteiger charge is -2.31. The first-order valence-corrected chi connectivity index (χ1v) is 6.32. The van der Waals surface area contributed by atoms with Gasteiger partial charge in [-0.3, -0.25) is 14.5 Å². The van der Waals surface area contributed by atoms with E-state index in [1.54, 1.807) is 13.8 Å². The molecule has 0 radical (unpaired) electrons. The Morgan fingerprint density at radius 1 is 1.24 bits per heavy atom. The van der Waals surface area contributed by atoms with Gasteiger partial charge in [-0.05, 0) is 24.1 Å². The zero-order valence-electron chi connectivity index (χ0n) is 11.9. The van der Waals surface area contributed by atoms with E-state index in [2.05, 4.69) is 0 Å². The van der Waals surface area contributed by atoms with E-state index in [0.29, 0.717) is 0 Å². The summed E-state index contributed by atoms with van der Waals surface area (Å²) in [6.45, 7) is 4.51. The summed E-state index contributed by atoms with van der Waals surface area (Å²) in [6.07, 6.45) is -4.53. The topological polar surface area (TPSA) is 63.4 Å². The summed E-state index contributed by atoms with van der Waals surface area (Å²) in [7, 11) is 0. The van der Waals surface area contributed by atoms with Crippen molar-refractivity contribution in [2.45, 2.75) is 33.0 Å². The van der Waals surface area contributed by atoms with Crippen LogP contribution in [0.15, 0.2) is 24.3 Å². The standard InChI is InChI=1S/C14H17F3N2O2/c1-8(2)12(13(18)21)19(9(3)20)11-6-4-5-10(7-11)14(15,16)17/h4-8,12H,1-3H3,(H2,18,21). The van der Waals surface area contributed by atoms with Crippen LogP contribution in [0.3, 0.4) is 0 Å². The second kappa shape index (κ2) is 6.15. The molecule has 1 unspecified atom stereocenters. The lowest BCUT2D eigenvalue weighted by molar-refractivity contribution is -0.137. The molecular weight excluding hydrogens is 285 g/mol. The first-order valence-electron chi connectivity index (χ1n) is 6.32. The molecule has 1 rings (SSSR count). The van der Waals surface area contributed by atoms with Crippen LogP contribution in [0.5, 0.6) is 0 Å². The SMILES string of the molecule is CC(=O)N(c1cccc(C(F)(F)F)c1)C(C(N)=O)C(C)C. The smallest absolute Gasteiger partial charge is 0.368 e. The molecule has 0 saturated carbocycles. The monoisotopic (exact) mass is 302 g/mol. The molecule has 1 atom stereocenters. The molecule has 0 aliphatic heterocycles. The van der Waals surface area contributed by atoms with Crippen molar-refractivity contribution in [3.8, 4) is 0 Å². The summed E-state index contributed by atoms with van der Waals surface area (Å²) in [6, 6.07) is 3.25. The van der Waals surface area contributed by atoms with E-state index in [0.717, 1.165) is 17.0 Å². The van der Waals surface area contributed by atoms with Gasteiger partial charge < -0.3 is 5.73 Å². The number of primary amides is 1. The van der Waals surface area contributed by atoms with Crippen LogP contribution in [0.4, 0.5) is 18.9 Å². The third-order valence-electron chi connectivity index (χ3n) is 2.99. The molecule has 0 bridgehead atoms. The van der Waals surface area contributed by atoms with Gasteiger partial charge in [0, 0.05) is 12.6 Å². The van der Waals surface area contributed by atoms with Gasteiger partial charge in [0.15, 0.2) is 0 Å². The van der Waals surface area contributed by atoms with Crippen molar-refractivity contribution in [1.29, 1.82) is 0 Å². The summed E-state index contributed by atoms with van der Waals surface area (Å²) in [5, 5.41) is 0. The van der Waals surface area contributed by atoms with Crippen molar-refractivity contribution in [1.82, 2.24) is 0 Å². The number of rotatable bonds is 4. The molecule has 4 nitrogen and oxygen atoms in total. The molecule has 0 saturated heterocycles. The summed E-state index contributed by atoms with van der Waals surface area (Å²) >= 11 is 0. The molecule has 7 heteroatoms. The van der Waals surface area contributed by atoms with E-state index < -0.39 is 29.6 Å². The molecule has 0 aliphatic carbocycles. The highest BCUT2D eigenvalue weighted by Gasteiger charge is 2.34. The van der Waals surface area contributed by atoms with E-state index in [-0.39, 0.29) is 11.6 Å². The fourth-order valence-electron chi connectivity index (χ4n) is 2.12. The number of hydrogen-bond acceptors (Lipinski definition) is 2. The van der Waals surface area contributed by atoms with E-state index in [9.17, 15) is 22.8 Å². The maximum atomic E-state index is 12.8. The number of alkyl halides is 3. The molecule has 2 N–H and O–H groups in total. The molecule has 1 aromatic carbocycles. The zero-order chi connectivity index (χ0) is 16.4. The summed E-state index contributed by atoms with van der Waals surface area (Å²) in [4.78, 5) is 24.3. The van der Waals surface area contributed by atoms with Crippen molar-refractivity contribution in [3.63, 3.8) is 0 Å². The second-order valence-electron chi connectivity index (χ2n) is 5.03. The third kappa shape index (κ3) is 3.96. The minimum Gasteiger partial charge on any atom is -0.368 e. The van der Waals surface area contributed by atoms with Gasteiger partial charge in [-0.25, -0.2) is 0 Å². The van der Waals surface area contributed by atoms with Crippen LogP contribution in [-0.4, -0.2) is 17.9 Å². The summed E-state index contributed by atoms with van der Waals surface area (Å²) < 4.78 is 38.3. The van der Waals surface area contributed by atoms with E-state index >= 15 is 0 Å². The van der Waals surface area contributed by atoms with Crippen LogP contribution >= 0.6 is 0 Å². The second-order valence-corrected chi connectivity index (χ2v) is 5.03. The number of benzene rings is 1. The van der Waals surface area contributed by atoms with Crippen LogP contribution in [0.1, 0.15) is 26.3 Å². The average Bonchev–Trinajstić information content (AvgIpc) is 2.33. The zero-order valence-corrected chi connectivity index (χ0v) is 11.9. The molecule has 2 amide bonds. The van der Waals surface area contributed by atoms with Gasteiger partial charge >= 0.3 is 6.18 Å². The number of carbonyl (C=O) groups excluding carboxylic acids is 2. The summed E-state index contributed by atoms with van der Waals surface area (Å²) in [5.41, 5.74) is 4.39. The molecule has 0 spiro atoms.